The van der Waals surface area contributed by atoms with Crippen molar-refractivity contribution in [2.24, 2.45) is 11.7 Å². The lowest BCUT2D eigenvalue weighted by Crippen LogP contribution is -2.50. The number of carbonyl (C=O) groups excluding carboxylic acids is 2. The average Bonchev–Trinajstić information content (AvgIpc) is 2.34. The first-order valence-electron chi connectivity index (χ1n) is 6.57. The zero-order valence-corrected chi connectivity index (χ0v) is 10.6. The number of hydrogen-bond donors (Lipinski definition) is 2. The molecule has 1 fully saturated rings. The quantitative estimate of drug-likeness (QED) is 0.577. The summed E-state index contributed by atoms with van der Waals surface area (Å²) >= 11 is 0. The Labute approximate surface area is 111 Å². The number of imide groups is 1. The van der Waals surface area contributed by atoms with E-state index in [1.165, 1.54) is 4.90 Å². The van der Waals surface area contributed by atoms with E-state index in [1.807, 2.05) is 6.07 Å². The smallest absolute Gasteiger partial charge is 0.236 e. The van der Waals surface area contributed by atoms with E-state index < -0.39 is 0 Å². The van der Waals surface area contributed by atoms with Crippen LogP contribution in [0.5, 0.6) is 0 Å². The van der Waals surface area contributed by atoms with Crippen LogP contribution in [-0.2, 0) is 16.0 Å². The van der Waals surface area contributed by atoms with Crippen molar-refractivity contribution in [2.75, 3.05) is 10.6 Å². The van der Waals surface area contributed by atoms with Gasteiger partial charge in [-0.15, -0.1) is 0 Å². The minimum absolute atomic E-state index is 0.0970. The fourth-order valence-corrected chi connectivity index (χ4v) is 2.80. The van der Waals surface area contributed by atoms with E-state index in [0.29, 0.717) is 37.1 Å². The van der Waals surface area contributed by atoms with E-state index in [0.717, 1.165) is 5.56 Å². The molecular weight excluding hydrogens is 242 g/mol. The molecule has 2 aliphatic rings. The Morgan fingerprint density at radius 1 is 1.26 bits per heavy atom. The van der Waals surface area contributed by atoms with Gasteiger partial charge in [0.2, 0.25) is 11.8 Å². The third-order valence-electron chi connectivity index (χ3n) is 3.95. The van der Waals surface area contributed by atoms with Crippen molar-refractivity contribution in [1.29, 1.82) is 0 Å². The third-order valence-corrected chi connectivity index (χ3v) is 3.95. The fourth-order valence-electron chi connectivity index (χ4n) is 2.80. The monoisotopic (exact) mass is 259 g/mol. The highest BCUT2D eigenvalue weighted by atomic mass is 16.2. The number of nitrogens with two attached hydrogens (primary N) is 2. The van der Waals surface area contributed by atoms with Crippen LogP contribution < -0.4 is 16.4 Å². The molecule has 1 saturated carbocycles. The van der Waals surface area contributed by atoms with Gasteiger partial charge in [0, 0.05) is 24.1 Å². The summed E-state index contributed by atoms with van der Waals surface area (Å²) in [4.78, 5) is 25.8. The number of carbonyl (C=O) groups is 2. The molecule has 4 N–H and O–H groups in total. The van der Waals surface area contributed by atoms with E-state index >= 15 is 0 Å². The molecule has 0 atom stereocenters. The summed E-state index contributed by atoms with van der Waals surface area (Å²) in [6.45, 7) is 0. The van der Waals surface area contributed by atoms with Gasteiger partial charge in [-0.3, -0.25) is 14.5 Å². The largest absolute Gasteiger partial charge is 0.399 e. The van der Waals surface area contributed by atoms with Crippen molar-refractivity contribution in [1.82, 2.24) is 0 Å². The number of anilines is 2. The van der Waals surface area contributed by atoms with E-state index in [2.05, 4.69) is 0 Å². The topological polar surface area (TPSA) is 89.4 Å². The Kier molecular flexibility index (Phi) is 2.78. The maximum atomic E-state index is 12.4. The van der Waals surface area contributed by atoms with Gasteiger partial charge in [0.15, 0.2) is 0 Å². The standard InChI is InChI=1S/C14H17N3O2/c15-10-2-3-12-8(5-10)1-4-13(18)17(12)14(19)9-6-11(16)7-9/h2-3,5,9,11H,1,4,6-7,15-16H2. The second kappa shape index (κ2) is 4.35. The Hall–Kier alpha value is -1.88. The molecule has 5 heteroatoms. The van der Waals surface area contributed by atoms with Crippen molar-refractivity contribution < 1.29 is 9.59 Å². The number of fused-ring (bicyclic) bond motifs is 1. The number of hydrogen-bond acceptors (Lipinski definition) is 4. The summed E-state index contributed by atoms with van der Waals surface area (Å²) in [6.07, 6.45) is 2.36. The maximum Gasteiger partial charge on any atom is 0.236 e. The first-order chi connectivity index (χ1) is 9.06. The molecule has 0 radical (unpaired) electrons. The number of aryl methyl sites for hydroxylation is 1. The second-order valence-electron chi connectivity index (χ2n) is 5.38. The number of rotatable bonds is 1. The van der Waals surface area contributed by atoms with Gasteiger partial charge in [0.1, 0.15) is 0 Å². The summed E-state index contributed by atoms with van der Waals surface area (Å²) in [5, 5.41) is 0. The summed E-state index contributed by atoms with van der Waals surface area (Å²) in [6, 6.07) is 5.43. The molecule has 0 spiro atoms. The number of amides is 2. The Morgan fingerprint density at radius 3 is 2.68 bits per heavy atom. The zero-order chi connectivity index (χ0) is 13.6. The summed E-state index contributed by atoms with van der Waals surface area (Å²) in [5.74, 6) is -0.345. The molecule has 0 saturated heterocycles. The van der Waals surface area contributed by atoms with E-state index in [1.54, 1.807) is 12.1 Å². The molecule has 2 amide bonds. The minimum Gasteiger partial charge on any atom is -0.399 e. The minimum atomic E-state index is -0.122. The summed E-state index contributed by atoms with van der Waals surface area (Å²) < 4.78 is 0. The highest BCUT2D eigenvalue weighted by Crippen LogP contribution is 2.34. The predicted molar refractivity (Wildman–Crippen MR) is 72.4 cm³/mol. The highest BCUT2D eigenvalue weighted by Gasteiger charge is 2.39. The molecule has 19 heavy (non-hydrogen) atoms. The first-order valence-corrected chi connectivity index (χ1v) is 6.57. The lowest BCUT2D eigenvalue weighted by molar-refractivity contribution is -0.131. The van der Waals surface area contributed by atoms with Crippen LogP contribution in [0.3, 0.4) is 0 Å². The molecule has 5 nitrogen and oxygen atoms in total. The fraction of sp³-hybridized carbons (Fsp3) is 0.429. The molecular formula is C14H17N3O2. The molecule has 1 aromatic rings. The van der Waals surface area contributed by atoms with Gasteiger partial charge >= 0.3 is 0 Å². The van der Waals surface area contributed by atoms with Crippen LogP contribution >= 0.6 is 0 Å². The van der Waals surface area contributed by atoms with Crippen molar-refractivity contribution in [2.45, 2.75) is 31.7 Å². The van der Waals surface area contributed by atoms with Crippen LogP contribution in [0.2, 0.25) is 0 Å². The molecule has 1 aliphatic carbocycles. The van der Waals surface area contributed by atoms with Crippen molar-refractivity contribution in [3.63, 3.8) is 0 Å². The second-order valence-corrected chi connectivity index (χ2v) is 5.38. The molecule has 3 rings (SSSR count). The van der Waals surface area contributed by atoms with Crippen LogP contribution in [0.4, 0.5) is 11.4 Å². The first kappa shape index (κ1) is 12.2. The number of nitrogens with zero attached hydrogens (tertiary/aromatic N) is 1. The average molecular weight is 259 g/mol. The number of nitrogen functional groups attached to an aromatic ring is 1. The molecule has 1 heterocycles. The summed E-state index contributed by atoms with van der Waals surface area (Å²) in [5.41, 5.74) is 13.8. The van der Waals surface area contributed by atoms with Crippen LogP contribution in [0.15, 0.2) is 18.2 Å². The van der Waals surface area contributed by atoms with Gasteiger partial charge in [0.05, 0.1) is 5.69 Å². The van der Waals surface area contributed by atoms with Crippen LogP contribution in [0.1, 0.15) is 24.8 Å². The number of benzene rings is 1. The lowest BCUT2D eigenvalue weighted by Gasteiger charge is -2.36. The van der Waals surface area contributed by atoms with Crippen LogP contribution in [0.25, 0.3) is 0 Å². The lowest BCUT2D eigenvalue weighted by atomic mass is 9.79. The molecule has 1 aliphatic heterocycles. The van der Waals surface area contributed by atoms with Gasteiger partial charge in [-0.2, -0.15) is 0 Å². The highest BCUT2D eigenvalue weighted by molar-refractivity contribution is 6.17. The van der Waals surface area contributed by atoms with E-state index in [4.69, 9.17) is 11.5 Å². The Morgan fingerprint density at radius 2 is 2.00 bits per heavy atom. The normalized spacial score (nSPS) is 25.7. The Balaban J connectivity index is 1.92. The van der Waals surface area contributed by atoms with E-state index in [9.17, 15) is 9.59 Å². The molecule has 0 bridgehead atoms. The molecule has 100 valence electrons. The van der Waals surface area contributed by atoms with Gasteiger partial charge < -0.3 is 11.5 Å². The molecule has 1 aromatic carbocycles. The Bertz CT molecular complexity index is 550. The zero-order valence-electron chi connectivity index (χ0n) is 10.6. The van der Waals surface area contributed by atoms with E-state index in [-0.39, 0.29) is 23.8 Å². The van der Waals surface area contributed by atoms with Crippen LogP contribution in [0, 0.1) is 5.92 Å². The van der Waals surface area contributed by atoms with Gasteiger partial charge in [-0.25, -0.2) is 0 Å². The SMILES string of the molecule is Nc1ccc2c(c1)CCC(=O)N2C(=O)C1CC(N)C1. The van der Waals surface area contributed by atoms with Crippen LogP contribution in [-0.4, -0.2) is 17.9 Å². The molecule has 0 unspecified atom stereocenters. The van der Waals surface area contributed by atoms with Crippen molar-refractivity contribution >= 4 is 23.2 Å². The van der Waals surface area contributed by atoms with Gasteiger partial charge in [-0.1, -0.05) is 0 Å². The maximum absolute atomic E-state index is 12.4. The third kappa shape index (κ3) is 2.00. The van der Waals surface area contributed by atoms with Crippen molar-refractivity contribution in [3.8, 4) is 0 Å². The molecule has 0 aromatic heterocycles. The predicted octanol–water partition coefficient (Wildman–Crippen LogP) is 0.812. The summed E-state index contributed by atoms with van der Waals surface area (Å²) in [7, 11) is 0. The van der Waals surface area contributed by atoms with Gasteiger partial charge in [-0.05, 0) is 43.0 Å². The van der Waals surface area contributed by atoms with Crippen molar-refractivity contribution in [3.05, 3.63) is 23.8 Å². The van der Waals surface area contributed by atoms with Gasteiger partial charge in [0.25, 0.3) is 0 Å².